The molecule has 1 aromatic heterocycles. The number of nitrogens with zero attached hydrogens (tertiary/aromatic N) is 3. The highest BCUT2D eigenvalue weighted by Gasteiger charge is 2.20. The molecular weight excluding hydrogens is 392 g/mol. The summed E-state index contributed by atoms with van der Waals surface area (Å²) in [5.74, 6) is 1.42. The van der Waals surface area contributed by atoms with Crippen molar-refractivity contribution < 1.29 is 4.79 Å². The van der Waals surface area contributed by atoms with Gasteiger partial charge in [0, 0.05) is 22.9 Å². The van der Waals surface area contributed by atoms with Crippen LogP contribution < -0.4 is 5.32 Å². The zero-order chi connectivity index (χ0) is 20.1. The Morgan fingerprint density at radius 3 is 2.57 bits per heavy atom. The summed E-state index contributed by atoms with van der Waals surface area (Å²) in [5.41, 5.74) is 2.79. The van der Waals surface area contributed by atoms with Crippen molar-refractivity contribution in [1.29, 1.82) is 0 Å². The topological polar surface area (TPSA) is 59.8 Å². The summed E-state index contributed by atoms with van der Waals surface area (Å²) >= 11 is 7.56. The number of hydrogen-bond donors (Lipinski definition) is 1. The van der Waals surface area contributed by atoms with E-state index in [1.54, 1.807) is 11.8 Å². The molecule has 0 aliphatic heterocycles. The van der Waals surface area contributed by atoms with E-state index in [0.717, 1.165) is 33.9 Å². The van der Waals surface area contributed by atoms with Gasteiger partial charge in [-0.25, -0.2) is 0 Å². The minimum atomic E-state index is -0.246. The first-order chi connectivity index (χ1) is 13.5. The number of aromatic nitrogens is 3. The maximum absolute atomic E-state index is 12.6. The number of halogens is 1. The monoisotopic (exact) mass is 414 g/mol. The van der Waals surface area contributed by atoms with E-state index >= 15 is 0 Å². The van der Waals surface area contributed by atoms with Crippen molar-refractivity contribution in [2.75, 3.05) is 0 Å². The van der Waals surface area contributed by atoms with E-state index in [-0.39, 0.29) is 11.9 Å². The molecule has 0 saturated carbocycles. The van der Waals surface area contributed by atoms with Crippen molar-refractivity contribution in [3.8, 4) is 0 Å². The van der Waals surface area contributed by atoms with E-state index in [1.807, 2.05) is 66.9 Å². The zero-order valence-corrected chi connectivity index (χ0v) is 17.7. The van der Waals surface area contributed by atoms with Crippen LogP contribution in [-0.2, 0) is 12.3 Å². The Labute approximate surface area is 174 Å². The number of aryl methyl sites for hydroxylation is 1. The van der Waals surface area contributed by atoms with Gasteiger partial charge in [0.25, 0.3) is 5.91 Å². The quantitative estimate of drug-likeness (QED) is 0.550. The lowest BCUT2D eigenvalue weighted by molar-refractivity contribution is 0.0937. The normalized spacial score (nSPS) is 12.0. The number of nitrogens with one attached hydrogen (secondary N) is 1. The molecule has 1 amide bonds. The molecule has 0 bridgehead atoms. The predicted molar refractivity (Wildman–Crippen MR) is 114 cm³/mol. The van der Waals surface area contributed by atoms with Crippen molar-refractivity contribution >= 4 is 29.3 Å². The summed E-state index contributed by atoms with van der Waals surface area (Å²) in [6.07, 6.45) is 0. The van der Waals surface area contributed by atoms with Gasteiger partial charge >= 0.3 is 0 Å². The summed E-state index contributed by atoms with van der Waals surface area (Å²) < 4.78 is 2.05. The van der Waals surface area contributed by atoms with Crippen LogP contribution in [0, 0.1) is 6.92 Å². The van der Waals surface area contributed by atoms with Crippen LogP contribution in [0.5, 0.6) is 0 Å². The molecule has 146 valence electrons. The van der Waals surface area contributed by atoms with Gasteiger partial charge in [-0.15, -0.1) is 10.2 Å². The second-order valence-electron chi connectivity index (χ2n) is 6.51. The van der Waals surface area contributed by atoms with Crippen molar-refractivity contribution in [1.82, 2.24) is 20.1 Å². The third-order valence-corrected chi connectivity index (χ3v) is 5.76. The van der Waals surface area contributed by atoms with Crippen LogP contribution >= 0.6 is 23.4 Å². The van der Waals surface area contributed by atoms with E-state index in [0.29, 0.717) is 5.56 Å². The van der Waals surface area contributed by atoms with Gasteiger partial charge in [-0.3, -0.25) is 4.79 Å². The summed E-state index contributed by atoms with van der Waals surface area (Å²) in [6, 6.07) is 15.1. The van der Waals surface area contributed by atoms with E-state index in [1.165, 1.54) is 5.56 Å². The lowest BCUT2D eigenvalue weighted by Crippen LogP contribution is -2.29. The Morgan fingerprint density at radius 2 is 1.89 bits per heavy atom. The van der Waals surface area contributed by atoms with Gasteiger partial charge in [-0.1, -0.05) is 53.7 Å². The van der Waals surface area contributed by atoms with E-state index < -0.39 is 0 Å². The molecule has 0 radical (unpaired) electrons. The minimum absolute atomic E-state index is 0.105. The number of amides is 1. The average Bonchev–Trinajstić information content (AvgIpc) is 3.11. The molecule has 2 aromatic carbocycles. The molecular formula is C21H23ClN4OS. The zero-order valence-electron chi connectivity index (χ0n) is 16.1. The average molecular weight is 415 g/mol. The highest BCUT2D eigenvalue weighted by molar-refractivity contribution is 7.98. The summed E-state index contributed by atoms with van der Waals surface area (Å²) in [6.45, 7) is 6.64. The Morgan fingerprint density at radius 1 is 1.18 bits per heavy atom. The number of rotatable bonds is 7. The molecule has 1 heterocycles. The van der Waals surface area contributed by atoms with Crippen molar-refractivity contribution in [2.24, 2.45) is 0 Å². The Kier molecular flexibility index (Phi) is 6.75. The van der Waals surface area contributed by atoms with Crippen LogP contribution in [0.3, 0.4) is 0 Å². The fourth-order valence-electron chi connectivity index (χ4n) is 2.92. The molecule has 5 nitrogen and oxygen atoms in total. The van der Waals surface area contributed by atoms with E-state index in [4.69, 9.17) is 11.6 Å². The molecule has 1 N–H and O–H groups in total. The van der Waals surface area contributed by atoms with E-state index in [2.05, 4.69) is 22.4 Å². The Balaban J connectivity index is 1.70. The molecule has 0 aliphatic carbocycles. The first-order valence-corrected chi connectivity index (χ1v) is 10.5. The molecule has 0 saturated heterocycles. The fraction of sp³-hybridized carbons (Fsp3) is 0.286. The molecule has 0 fully saturated rings. The standard InChI is InChI=1S/C21H23ClN4OS/c1-4-26-19(15(3)23-20(27)18-8-6-5-7-14(18)2)24-25-21(26)28-13-16-9-11-17(22)12-10-16/h5-12,15H,4,13H2,1-3H3,(H,23,27). The predicted octanol–water partition coefficient (Wildman–Crippen LogP) is 5.04. The van der Waals surface area contributed by atoms with Crippen LogP contribution in [-0.4, -0.2) is 20.7 Å². The largest absolute Gasteiger partial charge is 0.342 e. The van der Waals surface area contributed by atoms with Gasteiger partial charge in [0.1, 0.15) is 0 Å². The SMILES string of the molecule is CCn1c(SCc2ccc(Cl)cc2)nnc1C(C)NC(=O)c1ccccc1C. The lowest BCUT2D eigenvalue weighted by Gasteiger charge is -2.16. The summed E-state index contributed by atoms with van der Waals surface area (Å²) in [4.78, 5) is 12.6. The van der Waals surface area contributed by atoms with Gasteiger partial charge < -0.3 is 9.88 Å². The fourth-order valence-corrected chi connectivity index (χ4v) is 4.01. The molecule has 3 aromatic rings. The van der Waals surface area contributed by atoms with Gasteiger partial charge in [0.15, 0.2) is 11.0 Å². The van der Waals surface area contributed by atoms with Crippen LogP contribution in [0.4, 0.5) is 0 Å². The smallest absolute Gasteiger partial charge is 0.252 e. The molecule has 7 heteroatoms. The second-order valence-corrected chi connectivity index (χ2v) is 7.89. The highest BCUT2D eigenvalue weighted by Crippen LogP contribution is 2.25. The number of carbonyl (C=O) groups excluding carboxylic acids is 1. The Hall–Kier alpha value is -2.31. The summed E-state index contributed by atoms with van der Waals surface area (Å²) in [5, 5.41) is 13.3. The minimum Gasteiger partial charge on any atom is -0.342 e. The van der Waals surface area contributed by atoms with Crippen LogP contribution in [0.25, 0.3) is 0 Å². The van der Waals surface area contributed by atoms with Gasteiger partial charge in [0.05, 0.1) is 6.04 Å². The van der Waals surface area contributed by atoms with Crippen LogP contribution in [0.1, 0.15) is 47.2 Å². The first kappa shape index (κ1) is 20.4. The third kappa shape index (κ3) is 4.75. The maximum Gasteiger partial charge on any atom is 0.252 e. The van der Waals surface area contributed by atoms with Crippen LogP contribution in [0.15, 0.2) is 53.7 Å². The lowest BCUT2D eigenvalue weighted by atomic mass is 10.1. The highest BCUT2D eigenvalue weighted by atomic mass is 35.5. The van der Waals surface area contributed by atoms with Crippen molar-refractivity contribution in [2.45, 2.75) is 44.3 Å². The third-order valence-electron chi connectivity index (χ3n) is 4.47. The second kappa shape index (κ2) is 9.26. The maximum atomic E-state index is 12.6. The van der Waals surface area contributed by atoms with E-state index in [9.17, 15) is 4.79 Å². The van der Waals surface area contributed by atoms with Gasteiger partial charge in [-0.05, 0) is 50.1 Å². The molecule has 0 aliphatic rings. The molecule has 1 unspecified atom stereocenters. The molecule has 1 atom stereocenters. The Bertz CT molecular complexity index is 955. The van der Waals surface area contributed by atoms with Crippen LogP contribution in [0.2, 0.25) is 5.02 Å². The van der Waals surface area contributed by atoms with Gasteiger partial charge in [0.2, 0.25) is 0 Å². The van der Waals surface area contributed by atoms with Crippen molar-refractivity contribution in [3.05, 3.63) is 76.1 Å². The number of benzene rings is 2. The van der Waals surface area contributed by atoms with Crippen molar-refractivity contribution in [3.63, 3.8) is 0 Å². The first-order valence-electron chi connectivity index (χ1n) is 9.16. The van der Waals surface area contributed by atoms with Gasteiger partial charge in [-0.2, -0.15) is 0 Å². The number of hydrogen-bond acceptors (Lipinski definition) is 4. The molecule has 0 spiro atoms. The number of carbonyl (C=O) groups is 1. The summed E-state index contributed by atoms with van der Waals surface area (Å²) in [7, 11) is 0. The molecule has 3 rings (SSSR count). The number of thioether (sulfide) groups is 1. The molecule has 28 heavy (non-hydrogen) atoms.